The Labute approximate surface area is 314 Å². The molecule has 0 aromatic heterocycles. The predicted octanol–water partition coefficient (Wildman–Crippen LogP) is 8.06. The second-order valence-electron chi connectivity index (χ2n) is 15.6. The number of anilines is 1. The van der Waals surface area contributed by atoms with E-state index in [0.717, 1.165) is 47.5 Å². The fourth-order valence-electron chi connectivity index (χ4n) is 7.99. The second-order valence-corrected chi connectivity index (χ2v) is 18.6. The molecule has 2 aliphatic heterocycles. The van der Waals surface area contributed by atoms with Crippen molar-refractivity contribution in [3.63, 3.8) is 0 Å². The molecule has 0 saturated carbocycles. The topological polar surface area (TPSA) is 152 Å². The van der Waals surface area contributed by atoms with Gasteiger partial charge in [0.2, 0.25) is 5.69 Å². The molecule has 0 saturated heterocycles. The lowest BCUT2D eigenvalue weighted by atomic mass is 9.78. The summed E-state index contributed by atoms with van der Waals surface area (Å²) in [5.41, 5.74) is 8.96. The number of nitrogens with zero attached hydrogens (tertiary/aromatic N) is 2. The van der Waals surface area contributed by atoms with Gasteiger partial charge in [-0.1, -0.05) is 51.0 Å². The lowest BCUT2D eigenvalue weighted by Crippen LogP contribution is -2.28. The van der Waals surface area contributed by atoms with Crippen molar-refractivity contribution in [2.45, 2.75) is 103 Å². The van der Waals surface area contributed by atoms with Gasteiger partial charge in [0.05, 0.1) is 22.0 Å². The average molecular weight is 766 g/mol. The van der Waals surface area contributed by atoms with E-state index in [1.807, 2.05) is 37.8 Å². The van der Waals surface area contributed by atoms with Crippen LogP contribution in [0.5, 0.6) is 0 Å². The van der Waals surface area contributed by atoms with Gasteiger partial charge in [-0.15, -0.1) is 0 Å². The van der Waals surface area contributed by atoms with Crippen LogP contribution in [0.3, 0.4) is 0 Å². The maximum absolute atomic E-state index is 12.5. The van der Waals surface area contributed by atoms with Crippen LogP contribution < -0.4 is 4.90 Å². The van der Waals surface area contributed by atoms with Gasteiger partial charge in [-0.05, 0) is 106 Å². The molecular weight excluding hydrogens is 713 g/mol. The maximum Gasteiger partial charge on any atom is 0.307 e. The van der Waals surface area contributed by atoms with Crippen LogP contribution in [0.2, 0.25) is 0 Å². The minimum Gasteiger partial charge on any atom is -0.481 e. The average Bonchev–Trinajstić information content (AvgIpc) is 3.40. The number of fused-ring (bicyclic) bond motifs is 2. The Morgan fingerprint density at radius 1 is 0.906 bits per heavy atom. The SMILES string of the molecule is CCCC[N+]1=C(/C=C/C2=C(C)C(=C/C=C3/N(CCCCS(=O)(=O)O)c4ccc(S(=O)(=O)O)cc4C3(C)C)/CC(C(=O)O)C2)C(C)(C)c2cc(C)ccc21. The van der Waals surface area contributed by atoms with Crippen LogP contribution >= 0.6 is 0 Å². The normalized spacial score (nSPS) is 21.3. The Balaban J connectivity index is 1.57. The van der Waals surface area contributed by atoms with Gasteiger partial charge in [-0.2, -0.15) is 21.4 Å². The van der Waals surface area contributed by atoms with E-state index in [1.54, 1.807) is 6.07 Å². The van der Waals surface area contributed by atoms with Gasteiger partial charge in [0, 0.05) is 47.5 Å². The summed E-state index contributed by atoms with van der Waals surface area (Å²) in [6.07, 6.45) is 11.6. The molecule has 10 nitrogen and oxygen atoms in total. The van der Waals surface area contributed by atoms with Gasteiger partial charge in [0.15, 0.2) is 5.71 Å². The van der Waals surface area contributed by atoms with E-state index in [4.69, 9.17) is 0 Å². The molecule has 12 heteroatoms. The molecule has 53 heavy (non-hydrogen) atoms. The minimum atomic E-state index is -4.47. The monoisotopic (exact) mass is 765 g/mol. The number of carboxylic acid groups (broad SMARTS) is 1. The van der Waals surface area contributed by atoms with Crippen LogP contribution in [0.25, 0.3) is 0 Å². The highest BCUT2D eigenvalue weighted by atomic mass is 32.2. The number of allylic oxidation sites excluding steroid dienone is 8. The zero-order valence-electron chi connectivity index (χ0n) is 31.8. The first-order chi connectivity index (χ1) is 24.7. The quantitative estimate of drug-likeness (QED) is 0.104. The van der Waals surface area contributed by atoms with Crippen LogP contribution in [0.1, 0.15) is 96.8 Å². The van der Waals surface area contributed by atoms with Gasteiger partial charge in [0.1, 0.15) is 6.54 Å². The third-order valence-electron chi connectivity index (χ3n) is 11.1. The van der Waals surface area contributed by atoms with Crippen molar-refractivity contribution < 1.29 is 40.4 Å². The number of benzene rings is 2. The van der Waals surface area contributed by atoms with E-state index < -0.39 is 37.5 Å². The number of unbranched alkanes of at least 4 members (excludes halogenated alkanes) is 2. The van der Waals surface area contributed by atoms with Crippen molar-refractivity contribution in [3.05, 3.63) is 99.8 Å². The Bertz CT molecular complexity index is 2190. The first-order valence-corrected chi connectivity index (χ1v) is 21.3. The fraction of sp³-hybridized carbons (Fsp3) is 0.463. The Morgan fingerprint density at radius 3 is 2.26 bits per heavy atom. The molecule has 286 valence electrons. The first-order valence-electron chi connectivity index (χ1n) is 18.3. The van der Waals surface area contributed by atoms with Gasteiger partial charge >= 0.3 is 5.97 Å². The summed E-state index contributed by atoms with van der Waals surface area (Å²) in [7, 11) is -8.59. The number of carboxylic acids is 1. The molecule has 0 amide bonds. The molecular formula is C41H53N2O8S2+. The molecule has 0 bridgehead atoms. The lowest BCUT2D eigenvalue weighted by molar-refractivity contribution is -0.438. The Hall–Kier alpha value is -3.84. The molecule has 3 aliphatic rings. The van der Waals surface area contributed by atoms with Gasteiger partial charge in [-0.3, -0.25) is 13.9 Å². The number of carbonyl (C=O) groups is 1. The van der Waals surface area contributed by atoms with E-state index in [1.165, 1.54) is 34.7 Å². The second kappa shape index (κ2) is 15.1. The third-order valence-corrected chi connectivity index (χ3v) is 12.8. The van der Waals surface area contributed by atoms with E-state index in [2.05, 4.69) is 62.6 Å². The van der Waals surface area contributed by atoms with Gasteiger partial charge in [0.25, 0.3) is 20.2 Å². The summed E-state index contributed by atoms with van der Waals surface area (Å²) in [4.78, 5) is 14.3. The molecule has 2 heterocycles. The van der Waals surface area contributed by atoms with E-state index in [0.29, 0.717) is 31.4 Å². The van der Waals surface area contributed by atoms with Crippen molar-refractivity contribution in [1.29, 1.82) is 0 Å². The largest absolute Gasteiger partial charge is 0.481 e. The van der Waals surface area contributed by atoms with Crippen molar-refractivity contribution in [1.82, 2.24) is 0 Å². The Kier molecular flexibility index (Phi) is 11.5. The number of aryl methyl sites for hydroxylation is 1. The highest BCUT2D eigenvalue weighted by Gasteiger charge is 2.44. The number of rotatable bonds is 13. The number of aliphatic carboxylic acids is 1. The summed E-state index contributed by atoms with van der Waals surface area (Å²) in [6, 6.07) is 11.1. The van der Waals surface area contributed by atoms with E-state index >= 15 is 0 Å². The molecule has 2 aromatic rings. The standard InChI is InChI=1S/C41H52N2O8S2/c1-8-9-20-42-35-16-12-27(2)23-33(35)40(4,5)37(42)18-13-29-24-31(39(44)45)25-30(28(29)3)14-19-38-41(6,7)34-26-32(53(49,50)51)15-17-36(34)43(38)21-10-11-22-52(46,47)48/h12-19,23,26,31H,8-11,20-22,24-25H2,1-7H3,(H2-,44,45,46,47,48,49,50,51)/p+1. The van der Waals surface area contributed by atoms with Crippen molar-refractivity contribution in [3.8, 4) is 0 Å². The molecule has 0 spiro atoms. The van der Waals surface area contributed by atoms with Crippen LogP contribution in [0.4, 0.5) is 11.4 Å². The van der Waals surface area contributed by atoms with Gasteiger partial charge in [-0.25, -0.2) is 0 Å². The van der Waals surface area contributed by atoms with Gasteiger partial charge < -0.3 is 10.0 Å². The highest BCUT2D eigenvalue weighted by molar-refractivity contribution is 7.86. The lowest BCUT2D eigenvalue weighted by Gasteiger charge is -2.28. The highest BCUT2D eigenvalue weighted by Crippen LogP contribution is 2.49. The van der Waals surface area contributed by atoms with E-state index in [9.17, 15) is 35.8 Å². The predicted molar refractivity (Wildman–Crippen MR) is 210 cm³/mol. The molecule has 2 aromatic carbocycles. The molecule has 1 atom stereocenters. The maximum atomic E-state index is 12.5. The van der Waals surface area contributed by atoms with E-state index in [-0.39, 0.29) is 22.5 Å². The summed E-state index contributed by atoms with van der Waals surface area (Å²) in [5, 5.41) is 10.3. The number of hydrogen-bond donors (Lipinski definition) is 3. The third kappa shape index (κ3) is 8.46. The van der Waals surface area contributed by atoms with Crippen LogP contribution in [0.15, 0.2) is 88.0 Å². The molecule has 0 radical (unpaired) electrons. The summed E-state index contributed by atoms with van der Waals surface area (Å²) in [6.45, 7) is 16.0. The summed E-state index contributed by atoms with van der Waals surface area (Å²) in [5.74, 6) is -1.87. The summed E-state index contributed by atoms with van der Waals surface area (Å²) >= 11 is 0. The fourth-order valence-corrected chi connectivity index (χ4v) is 9.07. The Morgan fingerprint density at radius 2 is 1.62 bits per heavy atom. The van der Waals surface area contributed by atoms with Crippen LogP contribution in [0, 0.1) is 12.8 Å². The summed E-state index contributed by atoms with van der Waals surface area (Å²) < 4.78 is 68.4. The van der Waals surface area contributed by atoms with Crippen molar-refractivity contribution in [2.24, 2.45) is 5.92 Å². The van der Waals surface area contributed by atoms with Crippen molar-refractivity contribution in [2.75, 3.05) is 23.7 Å². The first kappa shape index (κ1) is 40.3. The van der Waals surface area contributed by atoms with Crippen LogP contribution in [-0.4, -0.2) is 66.1 Å². The van der Waals surface area contributed by atoms with Crippen molar-refractivity contribution >= 4 is 43.3 Å². The molecule has 3 N–H and O–H groups in total. The molecule has 1 unspecified atom stereocenters. The van der Waals surface area contributed by atoms with Crippen LogP contribution in [-0.2, 0) is 35.9 Å². The number of hydrogen-bond acceptors (Lipinski definition) is 6. The zero-order valence-corrected chi connectivity index (χ0v) is 33.4. The molecule has 1 aliphatic carbocycles. The smallest absolute Gasteiger partial charge is 0.307 e. The molecule has 5 rings (SSSR count). The zero-order chi connectivity index (χ0) is 39.1. The molecule has 0 fully saturated rings. The minimum absolute atomic E-state index is 0.219.